The lowest BCUT2D eigenvalue weighted by molar-refractivity contribution is -0.0610. The first-order valence-electron chi connectivity index (χ1n) is 21.6. The molecule has 7 rings (SSSR count). The molecule has 1 heterocycles. The van der Waals surface area contributed by atoms with Crippen molar-refractivity contribution in [3.63, 3.8) is 0 Å². The standard InChI is InChI=1S/C47H65N3O7/c1-5-6-7-10-28-20-30-22-37(53)31(19-27(2)3)21-33(30)44-42(55-4)25-40-34(43(28)44)24-38(54)45(57-40)29-11-12-36(52)41(23-29)56-39-13-17-47(15-8-9-16-47)35(26-51)32(39)14-18-50-46(48)49/h11-12,21-23,25,27-28,32,35,38-39,45,51-54H,5-10,13-20,24,26H2,1-4H3,(H4,48,49,50)/t28-,32+,35+,38+,39+,45-/m0/s1. The minimum atomic E-state index is -0.857. The predicted molar refractivity (Wildman–Crippen MR) is 224 cm³/mol. The molecule has 10 nitrogen and oxygen atoms in total. The fraction of sp³-hybridized carbons (Fsp3) is 0.596. The lowest BCUT2D eigenvalue weighted by Crippen LogP contribution is -2.48. The fourth-order valence-corrected chi connectivity index (χ4v) is 11.1. The van der Waals surface area contributed by atoms with Crippen LogP contribution >= 0.6 is 0 Å². The Labute approximate surface area is 338 Å². The summed E-state index contributed by atoms with van der Waals surface area (Å²) in [6.07, 6.45) is 11.4. The number of aliphatic hydroxyl groups excluding tert-OH is 2. The number of phenols is 2. The van der Waals surface area contributed by atoms with Crippen LogP contribution in [0.25, 0.3) is 11.1 Å². The zero-order valence-corrected chi connectivity index (χ0v) is 34.4. The van der Waals surface area contributed by atoms with E-state index in [9.17, 15) is 20.4 Å². The Balaban J connectivity index is 1.22. The number of guanidine groups is 1. The maximum Gasteiger partial charge on any atom is 0.185 e. The SMILES string of the molecule is CCCCC[C@H]1Cc2cc(O)c(CC(C)C)cc2-c2c(OC)cc3c(c21)C[C@@H](O)[C@H](c1ccc(O)c(O[C@@H]2CCC4(CCCC4)[C@H](CO)[C@H]2CCN=C(N)N)c1)O3. The van der Waals surface area contributed by atoms with Crippen molar-refractivity contribution in [1.29, 1.82) is 0 Å². The lowest BCUT2D eigenvalue weighted by atomic mass is 9.59. The number of rotatable bonds is 14. The number of nitrogens with zero attached hydrogens (tertiary/aromatic N) is 1. The second kappa shape index (κ2) is 17.4. The number of unbranched alkanes of at least 4 members (excludes halogenated alkanes) is 2. The van der Waals surface area contributed by atoms with E-state index in [1.54, 1.807) is 25.3 Å². The Hall–Kier alpha value is -4.15. The predicted octanol–water partition coefficient (Wildman–Crippen LogP) is 8.22. The van der Waals surface area contributed by atoms with E-state index < -0.39 is 12.2 Å². The van der Waals surface area contributed by atoms with Crippen LogP contribution in [0.2, 0.25) is 0 Å². The summed E-state index contributed by atoms with van der Waals surface area (Å²) < 4.78 is 19.7. The molecular formula is C47H65N3O7. The molecule has 0 aromatic heterocycles. The zero-order valence-electron chi connectivity index (χ0n) is 34.4. The van der Waals surface area contributed by atoms with Gasteiger partial charge in [0.1, 0.15) is 29.5 Å². The number of hydrogen-bond acceptors (Lipinski definition) is 8. The van der Waals surface area contributed by atoms with E-state index in [1.807, 2.05) is 12.1 Å². The number of fused-ring (bicyclic) bond motifs is 5. The first kappa shape index (κ1) is 41.0. The van der Waals surface area contributed by atoms with Gasteiger partial charge in [0.2, 0.25) is 0 Å². The Morgan fingerprint density at radius 1 is 0.982 bits per heavy atom. The lowest BCUT2D eigenvalue weighted by Gasteiger charge is -2.49. The largest absolute Gasteiger partial charge is 0.508 e. The van der Waals surface area contributed by atoms with Crippen molar-refractivity contribution >= 4 is 5.96 Å². The van der Waals surface area contributed by atoms with E-state index in [0.29, 0.717) is 48.1 Å². The molecule has 10 heteroatoms. The van der Waals surface area contributed by atoms with Crippen LogP contribution < -0.4 is 25.7 Å². The van der Waals surface area contributed by atoms with Crippen LogP contribution in [-0.4, -0.2) is 58.9 Å². The first-order chi connectivity index (χ1) is 27.5. The summed E-state index contributed by atoms with van der Waals surface area (Å²) in [5, 5.41) is 45.0. The summed E-state index contributed by atoms with van der Waals surface area (Å²) in [4.78, 5) is 4.28. The average molecular weight is 784 g/mol. The van der Waals surface area contributed by atoms with Crippen molar-refractivity contribution in [2.75, 3.05) is 20.3 Å². The van der Waals surface area contributed by atoms with E-state index >= 15 is 0 Å². The van der Waals surface area contributed by atoms with Gasteiger partial charge in [-0.25, -0.2) is 0 Å². The molecule has 8 N–H and O–H groups in total. The van der Waals surface area contributed by atoms with Crippen LogP contribution in [0.5, 0.6) is 28.7 Å². The monoisotopic (exact) mass is 783 g/mol. The van der Waals surface area contributed by atoms with Gasteiger partial charge < -0.3 is 46.1 Å². The number of nitrogens with two attached hydrogens (primary N) is 2. The molecule has 6 atom stereocenters. The first-order valence-corrected chi connectivity index (χ1v) is 21.6. The van der Waals surface area contributed by atoms with Gasteiger partial charge in [-0.05, 0) is 127 Å². The van der Waals surface area contributed by atoms with Crippen molar-refractivity contribution < 1.29 is 34.6 Å². The summed E-state index contributed by atoms with van der Waals surface area (Å²) in [5.41, 5.74) is 18.5. The number of aliphatic hydroxyl groups is 2. The number of aromatic hydroxyl groups is 2. The van der Waals surface area contributed by atoms with E-state index in [-0.39, 0.29) is 47.6 Å². The van der Waals surface area contributed by atoms with Gasteiger partial charge in [-0.3, -0.25) is 4.99 Å². The molecular weight excluding hydrogens is 719 g/mol. The van der Waals surface area contributed by atoms with Gasteiger partial charge in [-0.2, -0.15) is 0 Å². The maximum atomic E-state index is 12.0. The average Bonchev–Trinajstić information content (AvgIpc) is 3.65. The van der Waals surface area contributed by atoms with E-state index in [0.717, 1.165) is 97.8 Å². The molecule has 0 saturated heterocycles. The molecule has 1 spiro atoms. The fourth-order valence-electron chi connectivity index (χ4n) is 11.1. The number of ether oxygens (including phenoxy) is 3. The second-order valence-electron chi connectivity index (χ2n) is 17.8. The molecule has 2 fully saturated rings. The third kappa shape index (κ3) is 8.27. The Morgan fingerprint density at radius 3 is 2.47 bits per heavy atom. The van der Waals surface area contributed by atoms with Crippen molar-refractivity contribution in [3.05, 3.63) is 64.2 Å². The normalized spacial score (nSPS) is 24.7. The smallest absolute Gasteiger partial charge is 0.185 e. The van der Waals surface area contributed by atoms with Crippen LogP contribution in [0, 0.1) is 23.2 Å². The zero-order chi connectivity index (χ0) is 40.4. The number of methoxy groups -OCH3 is 1. The second-order valence-corrected chi connectivity index (χ2v) is 17.8. The Kier molecular flexibility index (Phi) is 12.5. The molecule has 0 bridgehead atoms. The highest BCUT2D eigenvalue weighted by Crippen LogP contribution is 2.57. The molecule has 3 aromatic rings. The number of benzene rings is 3. The van der Waals surface area contributed by atoms with Crippen LogP contribution in [0.3, 0.4) is 0 Å². The molecule has 3 aromatic carbocycles. The molecule has 0 amide bonds. The summed E-state index contributed by atoms with van der Waals surface area (Å²) >= 11 is 0. The minimum Gasteiger partial charge on any atom is -0.508 e. The van der Waals surface area contributed by atoms with Crippen molar-refractivity contribution in [1.82, 2.24) is 0 Å². The number of hydrogen-bond donors (Lipinski definition) is 6. The van der Waals surface area contributed by atoms with Gasteiger partial charge in [0.25, 0.3) is 0 Å². The highest BCUT2D eigenvalue weighted by atomic mass is 16.5. The van der Waals surface area contributed by atoms with Crippen LogP contribution in [0.1, 0.15) is 131 Å². The maximum absolute atomic E-state index is 12.0. The van der Waals surface area contributed by atoms with Gasteiger partial charge in [0.05, 0.1) is 13.2 Å². The molecule has 4 aliphatic rings. The number of aliphatic imine (C=N–C) groups is 1. The molecule has 3 aliphatic carbocycles. The Bertz CT molecular complexity index is 1920. The van der Waals surface area contributed by atoms with Crippen LogP contribution in [-0.2, 0) is 19.3 Å². The number of phenolic OH excluding ortho intramolecular Hbond substituents is 2. The molecule has 310 valence electrons. The third-order valence-electron chi connectivity index (χ3n) is 13.7. The molecule has 2 saturated carbocycles. The molecule has 0 radical (unpaired) electrons. The van der Waals surface area contributed by atoms with Crippen molar-refractivity contribution in [2.24, 2.45) is 39.6 Å². The molecule has 1 aliphatic heterocycles. The highest BCUT2D eigenvalue weighted by molar-refractivity contribution is 5.83. The van der Waals surface area contributed by atoms with Gasteiger partial charge in [0.15, 0.2) is 17.5 Å². The van der Waals surface area contributed by atoms with Crippen LogP contribution in [0.4, 0.5) is 0 Å². The molecule has 0 unspecified atom stereocenters. The van der Waals surface area contributed by atoms with Gasteiger partial charge in [-0.15, -0.1) is 0 Å². The summed E-state index contributed by atoms with van der Waals surface area (Å²) in [6.45, 7) is 7.04. The quantitative estimate of drug-likeness (QED) is 0.0535. The van der Waals surface area contributed by atoms with Crippen LogP contribution in [0.15, 0.2) is 41.4 Å². The summed E-state index contributed by atoms with van der Waals surface area (Å²) in [6, 6.07) is 11.3. The Morgan fingerprint density at radius 2 is 1.77 bits per heavy atom. The van der Waals surface area contributed by atoms with Crippen molar-refractivity contribution in [3.8, 4) is 39.9 Å². The van der Waals surface area contributed by atoms with Crippen molar-refractivity contribution in [2.45, 2.75) is 135 Å². The van der Waals surface area contributed by atoms with Gasteiger partial charge >= 0.3 is 0 Å². The third-order valence-corrected chi connectivity index (χ3v) is 13.7. The molecule has 57 heavy (non-hydrogen) atoms. The summed E-state index contributed by atoms with van der Waals surface area (Å²) in [7, 11) is 1.70. The van der Waals surface area contributed by atoms with Gasteiger partial charge in [0, 0.05) is 42.7 Å². The minimum absolute atomic E-state index is 0.00383. The topological polar surface area (TPSA) is 173 Å². The van der Waals surface area contributed by atoms with E-state index in [4.69, 9.17) is 25.7 Å². The summed E-state index contributed by atoms with van der Waals surface area (Å²) in [5.74, 6) is 2.77. The van der Waals surface area contributed by atoms with Gasteiger partial charge in [-0.1, -0.05) is 58.9 Å². The van der Waals surface area contributed by atoms with E-state index in [1.165, 1.54) is 18.4 Å². The highest BCUT2D eigenvalue weighted by Gasteiger charge is 2.50. The van der Waals surface area contributed by atoms with E-state index in [2.05, 4.69) is 31.8 Å².